The molecule has 0 aromatic carbocycles. The van der Waals surface area contributed by atoms with Gasteiger partial charge in [0.1, 0.15) is 5.54 Å². The number of hydrogen-bond acceptors (Lipinski definition) is 3. The molecule has 0 rings (SSSR count). The first-order valence-electron chi connectivity index (χ1n) is 4.11. The molecule has 0 fully saturated rings. The summed E-state index contributed by atoms with van der Waals surface area (Å²) in [5.74, 6) is -1.54. The third-order valence-electron chi connectivity index (χ3n) is 1.82. The Hall–Kier alpha value is -1.10. The zero-order valence-corrected chi connectivity index (χ0v) is 8.13. The minimum absolute atomic E-state index is 0.478. The predicted molar refractivity (Wildman–Crippen MR) is 48.1 cm³/mol. The van der Waals surface area contributed by atoms with Crippen molar-refractivity contribution in [1.82, 2.24) is 5.32 Å². The largest absolute Gasteiger partial charge is 0.480 e. The molecule has 0 bridgehead atoms. The van der Waals surface area contributed by atoms with Crippen molar-refractivity contribution in [2.75, 3.05) is 0 Å². The molecule has 0 aliphatic rings. The summed E-state index contributed by atoms with van der Waals surface area (Å²) in [6, 6.07) is -0.592. The van der Waals surface area contributed by atoms with E-state index in [-0.39, 0.29) is 0 Å². The second-order valence-electron chi connectivity index (χ2n) is 3.44. The van der Waals surface area contributed by atoms with Crippen molar-refractivity contribution in [3.63, 3.8) is 0 Å². The summed E-state index contributed by atoms with van der Waals surface area (Å²) in [6.45, 7) is 4.74. The van der Waals surface area contributed by atoms with Gasteiger partial charge < -0.3 is 10.8 Å². The second kappa shape index (κ2) is 4.23. The van der Waals surface area contributed by atoms with Crippen LogP contribution in [0.25, 0.3) is 0 Å². The van der Waals surface area contributed by atoms with E-state index in [1.54, 1.807) is 6.92 Å². The molecular formula is C8H16N2O3. The molecule has 0 saturated heterocycles. The van der Waals surface area contributed by atoms with Crippen LogP contribution in [-0.2, 0) is 9.59 Å². The molecule has 1 amide bonds. The van der Waals surface area contributed by atoms with Gasteiger partial charge in [-0.25, -0.2) is 0 Å². The van der Waals surface area contributed by atoms with Gasteiger partial charge in [-0.2, -0.15) is 0 Å². The quantitative estimate of drug-likeness (QED) is 0.552. The highest BCUT2D eigenvalue weighted by Gasteiger charge is 2.30. The maximum Gasteiger partial charge on any atom is 0.323 e. The first kappa shape index (κ1) is 11.9. The highest BCUT2D eigenvalue weighted by atomic mass is 16.4. The first-order chi connectivity index (χ1) is 5.81. The third kappa shape index (κ3) is 3.42. The first-order valence-corrected chi connectivity index (χ1v) is 4.11. The van der Waals surface area contributed by atoms with Gasteiger partial charge in [0, 0.05) is 0 Å². The van der Waals surface area contributed by atoms with E-state index in [0.717, 1.165) is 0 Å². The Labute approximate surface area is 77.3 Å². The molecule has 76 valence electrons. The van der Waals surface area contributed by atoms with Gasteiger partial charge in [-0.1, -0.05) is 6.92 Å². The molecule has 0 radical (unpaired) electrons. The lowest BCUT2D eigenvalue weighted by atomic mass is 10.0. The Kier molecular flexibility index (Phi) is 3.87. The average molecular weight is 188 g/mol. The minimum atomic E-state index is -1.13. The monoisotopic (exact) mass is 188 g/mol. The van der Waals surface area contributed by atoms with Crippen molar-refractivity contribution >= 4 is 11.9 Å². The van der Waals surface area contributed by atoms with Gasteiger partial charge in [-0.15, -0.1) is 0 Å². The van der Waals surface area contributed by atoms with Gasteiger partial charge in [0.25, 0.3) is 0 Å². The summed E-state index contributed by atoms with van der Waals surface area (Å²) in [6.07, 6.45) is 0.478. The maximum atomic E-state index is 10.8. The molecule has 13 heavy (non-hydrogen) atoms. The SMILES string of the molecule is CCC(NC(C)(C)C(=O)O)C(N)=O. The third-order valence-corrected chi connectivity index (χ3v) is 1.82. The molecular weight excluding hydrogens is 172 g/mol. The summed E-state index contributed by atoms with van der Waals surface area (Å²) in [5.41, 5.74) is 3.93. The summed E-state index contributed by atoms with van der Waals surface area (Å²) >= 11 is 0. The molecule has 0 heterocycles. The number of carboxylic acids is 1. The van der Waals surface area contributed by atoms with Crippen molar-refractivity contribution in [2.45, 2.75) is 38.8 Å². The topological polar surface area (TPSA) is 92.4 Å². The summed E-state index contributed by atoms with van der Waals surface area (Å²) in [4.78, 5) is 21.5. The van der Waals surface area contributed by atoms with E-state index in [2.05, 4.69) is 5.32 Å². The molecule has 0 saturated carbocycles. The summed E-state index contributed by atoms with van der Waals surface area (Å²) in [5, 5.41) is 11.4. The van der Waals surface area contributed by atoms with Crippen LogP contribution >= 0.6 is 0 Å². The van der Waals surface area contributed by atoms with Crippen LogP contribution < -0.4 is 11.1 Å². The van der Waals surface area contributed by atoms with E-state index in [1.807, 2.05) is 0 Å². The Bertz CT molecular complexity index is 213. The molecule has 4 N–H and O–H groups in total. The number of hydrogen-bond donors (Lipinski definition) is 3. The molecule has 1 atom stereocenters. The predicted octanol–water partition coefficient (Wildman–Crippen LogP) is -0.297. The van der Waals surface area contributed by atoms with Gasteiger partial charge in [-0.3, -0.25) is 14.9 Å². The number of rotatable bonds is 5. The van der Waals surface area contributed by atoms with Gasteiger partial charge in [0.15, 0.2) is 0 Å². The normalized spacial score (nSPS) is 13.8. The molecule has 0 aliphatic carbocycles. The van der Waals surface area contributed by atoms with Crippen LogP contribution in [0.4, 0.5) is 0 Å². The Morgan fingerprint density at radius 3 is 2.23 bits per heavy atom. The standard InChI is InChI=1S/C8H16N2O3/c1-4-5(6(9)11)10-8(2,3)7(12)13/h5,10H,4H2,1-3H3,(H2,9,11)(H,12,13). The lowest BCUT2D eigenvalue weighted by Crippen LogP contribution is -2.55. The molecule has 0 aromatic heterocycles. The second-order valence-corrected chi connectivity index (χ2v) is 3.44. The zero-order chi connectivity index (χ0) is 10.6. The molecule has 0 spiro atoms. The van der Waals surface area contributed by atoms with Gasteiger partial charge in [0.2, 0.25) is 5.91 Å². The molecule has 5 nitrogen and oxygen atoms in total. The van der Waals surface area contributed by atoms with E-state index >= 15 is 0 Å². The van der Waals surface area contributed by atoms with Crippen molar-refractivity contribution in [2.24, 2.45) is 5.73 Å². The van der Waals surface area contributed by atoms with Crippen LogP contribution in [0.5, 0.6) is 0 Å². The van der Waals surface area contributed by atoms with Crippen LogP contribution in [0.3, 0.4) is 0 Å². The molecule has 0 aromatic rings. The number of carboxylic acid groups (broad SMARTS) is 1. The fourth-order valence-corrected chi connectivity index (χ4v) is 0.872. The average Bonchev–Trinajstić information content (AvgIpc) is 1.99. The van der Waals surface area contributed by atoms with Crippen LogP contribution in [-0.4, -0.2) is 28.6 Å². The zero-order valence-electron chi connectivity index (χ0n) is 8.13. The number of nitrogens with one attached hydrogen (secondary N) is 1. The highest BCUT2D eigenvalue weighted by molar-refractivity contribution is 5.82. The Morgan fingerprint density at radius 1 is 1.54 bits per heavy atom. The van der Waals surface area contributed by atoms with Crippen LogP contribution in [0.1, 0.15) is 27.2 Å². The van der Waals surface area contributed by atoms with Gasteiger partial charge in [0.05, 0.1) is 6.04 Å². The van der Waals surface area contributed by atoms with E-state index in [0.29, 0.717) is 6.42 Å². The lowest BCUT2D eigenvalue weighted by molar-refractivity contribution is -0.144. The van der Waals surface area contributed by atoms with Crippen molar-refractivity contribution in [1.29, 1.82) is 0 Å². The van der Waals surface area contributed by atoms with Crippen molar-refractivity contribution in [3.8, 4) is 0 Å². The number of carbonyl (C=O) groups is 2. The van der Waals surface area contributed by atoms with Crippen LogP contribution in [0, 0.1) is 0 Å². The number of primary amides is 1. The van der Waals surface area contributed by atoms with Crippen LogP contribution in [0.2, 0.25) is 0 Å². The fourth-order valence-electron chi connectivity index (χ4n) is 0.872. The number of amides is 1. The van der Waals surface area contributed by atoms with E-state index < -0.39 is 23.5 Å². The smallest absolute Gasteiger partial charge is 0.323 e. The Morgan fingerprint density at radius 2 is 2.00 bits per heavy atom. The van der Waals surface area contributed by atoms with Crippen LogP contribution in [0.15, 0.2) is 0 Å². The molecule has 5 heteroatoms. The molecule has 1 unspecified atom stereocenters. The summed E-state index contributed by atoms with van der Waals surface area (Å²) in [7, 11) is 0. The molecule has 0 aliphatic heterocycles. The van der Waals surface area contributed by atoms with Crippen molar-refractivity contribution in [3.05, 3.63) is 0 Å². The van der Waals surface area contributed by atoms with Gasteiger partial charge >= 0.3 is 5.97 Å². The minimum Gasteiger partial charge on any atom is -0.480 e. The summed E-state index contributed by atoms with van der Waals surface area (Å²) < 4.78 is 0. The highest BCUT2D eigenvalue weighted by Crippen LogP contribution is 2.05. The van der Waals surface area contributed by atoms with E-state index in [1.165, 1.54) is 13.8 Å². The van der Waals surface area contributed by atoms with Gasteiger partial charge in [-0.05, 0) is 20.3 Å². The van der Waals surface area contributed by atoms with Crippen molar-refractivity contribution < 1.29 is 14.7 Å². The lowest BCUT2D eigenvalue weighted by Gasteiger charge is -2.25. The number of carbonyl (C=O) groups excluding carboxylic acids is 1. The van der Waals surface area contributed by atoms with E-state index in [9.17, 15) is 9.59 Å². The number of nitrogens with two attached hydrogens (primary N) is 1. The fraction of sp³-hybridized carbons (Fsp3) is 0.750. The maximum absolute atomic E-state index is 10.8. The van der Waals surface area contributed by atoms with E-state index in [4.69, 9.17) is 10.8 Å². The number of aliphatic carboxylic acids is 1. The Balaban J connectivity index is 4.39.